The number of rotatable bonds is 2. The van der Waals surface area contributed by atoms with E-state index < -0.39 is 0 Å². The third-order valence-electron chi connectivity index (χ3n) is 4.35. The SMILES string of the molecule is C#Cc1cccc(NC2CCC(C(C)(C)C)CC2)c1. The summed E-state index contributed by atoms with van der Waals surface area (Å²) in [5, 5.41) is 3.63. The number of anilines is 1. The number of benzene rings is 1. The van der Waals surface area contributed by atoms with Gasteiger partial charge in [-0.1, -0.05) is 32.8 Å². The zero-order chi connectivity index (χ0) is 13.9. The predicted molar refractivity (Wildman–Crippen MR) is 83.2 cm³/mol. The van der Waals surface area contributed by atoms with Crippen LogP contribution >= 0.6 is 0 Å². The van der Waals surface area contributed by atoms with Crippen LogP contribution in [0.25, 0.3) is 0 Å². The van der Waals surface area contributed by atoms with Gasteiger partial charge in [0.1, 0.15) is 0 Å². The Labute approximate surface area is 117 Å². The summed E-state index contributed by atoms with van der Waals surface area (Å²) in [5.41, 5.74) is 2.57. The van der Waals surface area contributed by atoms with E-state index in [1.54, 1.807) is 0 Å². The molecule has 19 heavy (non-hydrogen) atoms. The molecule has 0 heterocycles. The van der Waals surface area contributed by atoms with Gasteiger partial charge in [-0.05, 0) is 55.2 Å². The summed E-state index contributed by atoms with van der Waals surface area (Å²) < 4.78 is 0. The van der Waals surface area contributed by atoms with Crippen molar-refractivity contribution in [2.24, 2.45) is 11.3 Å². The first kappa shape index (κ1) is 14.0. The topological polar surface area (TPSA) is 12.0 Å². The first-order valence-electron chi connectivity index (χ1n) is 7.32. The van der Waals surface area contributed by atoms with Crippen LogP contribution in [0.3, 0.4) is 0 Å². The van der Waals surface area contributed by atoms with Crippen LogP contribution in [-0.2, 0) is 0 Å². The molecule has 0 unspecified atom stereocenters. The van der Waals surface area contributed by atoms with E-state index in [0.717, 1.165) is 17.2 Å². The summed E-state index contributed by atoms with van der Waals surface area (Å²) in [7, 11) is 0. The van der Waals surface area contributed by atoms with E-state index in [1.165, 1.54) is 25.7 Å². The Morgan fingerprint density at radius 2 is 1.84 bits per heavy atom. The largest absolute Gasteiger partial charge is 0.382 e. The van der Waals surface area contributed by atoms with Gasteiger partial charge in [0, 0.05) is 17.3 Å². The van der Waals surface area contributed by atoms with Gasteiger partial charge < -0.3 is 5.32 Å². The molecule has 1 saturated carbocycles. The Kier molecular flexibility index (Phi) is 4.20. The molecule has 0 amide bonds. The third kappa shape index (κ3) is 3.77. The Balaban J connectivity index is 1.91. The fourth-order valence-corrected chi connectivity index (χ4v) is 3.04. The summed E-state index contributed by atoms with van der Waals surface area (Å²) in [4.78, 5) is 0. The van der Waals surface area contributed by atoms with Crippen molar-refractivity contribution in [1.29, 1.82) is 0 Å². The standard InChI is InChI=1S/C18H25N/c1-5-14-7-6-8-17(13-14)19-16-11-9-15(10-12-16)18(2,3)4/h1,6-8,13,15-16,19H,9-12H2,2-4H3. The van der Waals surface area contributed by atoms with Crippen LogP contribution < -0.4 is 5.32 Å². The lowest BCUT2D eigenvalue weighted by Crippen LogP contribution is -2.31. The third-order valence-corrected chi connectivity index (χ3v) is 4.35. The lowest BCUT2D eigenvalue weighted by molar-refractivity contribution is 0.173. The van der Waals surface area contributed by atoms with Crippen molar-refractivity contribution in [2.45, 2.75) is 52.5 Å². The smallest absolute Gasteiger partial charge is 0.0354 e. The molecule has 0 spiro atoms. The summed E-state index contributed by atoms with van der Waals surface area (Å²) in [5.74, 6) is 3.56. The molecule has 1 fully saturated rings. The van der Waals surface area contributed by atoms with Crippen LogP contribution in [0.4, 0.5) is 5.69 Å². The second kappa shape index (κ2) is 5.70. The normalized spacial score (nSPS) is 23.7. The molecule has 2 rings (SSSR count). The molecule has 1 aromatic rings. The minimum Gasteiger partial charge on any atom is -0.382 e. The summed E-state index contributed by atoms with van der Waals surface area (Å²) in [6, 6.07) is 8.78. The van der Waals surface area contributed by atoms with Crippen LogP contribution in [0.15, 0.2) is 24.3 Å². The Hall–Kier alpha value is -1.42. The minimum atomic E-state index is 0.453. The van der Waals surface area contributed by atoms with E-state index in [4.69, 9.17) is 6.42 Å². The minimum absolute atomic E-state index is 0.453. The van der Waals surface area contributed by atoms with Gasteiger partial charge in [-0.3, -0.25) is 0 Å². The highest BCUT2D eigenvalue weighted by atomic mass is 14.9. The zero-order valence-electron chi connectivity index (χ0n) is 12.4. The number of hydrogen-bond donors (Lipinski definition) is 1. The van der Waals surface area contributed by atoms with Crippen molar-refractivity contribution >= 4 is 5.69 Å². The van der Waals surface area contributed by atoms with Crippen LogP contribution in [0.2, 0.25) is 0 Å². The highest BCUT2D eigenvalue weighted by Gasteiger charge is 2.29. The van der Waals surface area contributed by atoms with Gasteiger partial charge in [-0.15, -0.1) is 6.42 Å². The van der Waals surface area contributed by atoms with Gasteiger partial charge in [0.15, 0.2) is 0 Å². The molecule has 1 N–H and O–H groups in total. The first-order chi connectivity index (χ1) is 8.99. The fraction of sp³-hybridized carbons (Fsp3) is 0.556. The van der Waals surface area contributed by atoms with Gasteiger partial charge in [0.25, 0.3) is 0 Å². The average Bonchev–Trinajstić information content (AvgIpc) is 2.38. The molecule has 102 valence electrons. The summed E-state index contributed by atoms with van der Waals surface area (Å²) >= 11 is 0. The summed E-state index contributed by atoms with van der Waals surface area (Å²) in [6.45, 7) is 7.09. The highest BCUT2D eigenvalue weighted by molar-refractivity contribution is 5.50. The second-order valence-corrected chi connectivity index (χ2v) is 6.78. The quantitative estimate of drug-likeness (QED) is 0.756. The molecule has 1 nitrogen and oxygen atoms in total. The molecule has 1 aliphatic carbocycles. The monoisotopic (exact) mass is 255 g/mol. The van der Waals surface area contributed by atoms with Crippen LogP contribution in [0, 0.1) is 23.7 Å². The van der Waals surface area contributed by atoms with Crippen molar-refractivity contribution in [3.05, 3.63) is 29.8 Å². The number of nitrogens with one attached hydrogen (secondary N) is 1. The lowest BCUT2D eigenvalue weighted by atomic mass is 9.71. The molecule has 0 bridgehead atoms. The van der Waals surface area contributed by atoms with Gasteiger partial charge in [0.2, 0.25) is 0 Å². The van der Waals surface area contributed by atoms with Crippen molar-refractivity contribution < 1.29 is 0 Å². The molecule has 0 saturated heterocycles. The lowest BCUT2D eigenvalue weighted by Gasteiger charge is -2.37. The molecular formula is C18H25N. The van der Waals surface area contributed by atoms with Crippen molar-refractivity contribution in [2.75, 3.05) is 5.32 Å². The van der Waals surface area contributed by atoms with Crippen LogP contribution in [-0.4, -0.2) is 6.04 Å². The van der Waals surface area contributed by atoms with Crippen molar-refractivity contribution in [1.82, 2.24) is 0 Å². The Morgan fingerprint density at radius 3 is 2.42 bits per heavy atom. The molecule has 0 aromatic heterocycles. The van der Waals surface area contributed by atoms with Gasteiger partial charge in [0.05, 0.1) is 0 Å². The molecule has 1 heteroatoms. The fourth-order valence-electron chi connectivity index (χ4n) is 3.04. The number of terminal acetylenes is 1. The Bertz CT molecular complexity index is 453. The molecular weight excluding hydrogens is 230 g/mol. The van der Waals surface area contributed by atoms with Crippen LogP contribution in [0.5, 0.6) is 0 Å². The van der Waals surface area contributed by atoms with E-state index >= 15 is 0 Å². The molecule has 0 aliphatic heterocycles. The maximum Gasteiger partial charge on any atom is 0.0354 e. The maximum absolute atomic E-state index is 5.44. The van der Waals surface area contributed by atoms with E-state index in [9.17, 15) is 0 Å². The van der Waals surface area contributed by atoms with E-state index in [-0.39, 0.29) is 0 Å². The van der Waals surface area contributed by atoms with Crippen LogP contribution in [0.1, 0.15) is 52.0 Å². The van der Waals surface area contributed by atoms with Crippen molar-refractivity contribution in [3.8, 4) is 12.3 Å². The predicted octanol–water partition coefficient (Wildman–Crippen LogP) is 4.68. The highest BCUT2D eigenvalue weighted by Crippen LogP contribution is 2.38. The van der Waals surface area contributed by atoms with Gasteiger partial charge in [-0.25, -0.2) is 0 Å². The summed E-state index contributed by atoms with van der Waals surface area (Å²) in [6.07, 6.45) is 10.6. The second-order valence-electron chi connectivity index (χ2n) is 6.78. The molecule has 1 aliphatic rings. The average molecular weight is 255 g/mol. The number of hydrogen-bond acceptors (Lipinski definition) is 1. The van der Waals surface area contributed by atoms with Gasteiger partial charge in [-0.2, -0.15) is 0 Å². The van der Waals surface area contributed by atoms with Crippen molar-refractivity contribution in [3.63, 3.8) is 0 Å². The molecule has 0 atom stereocenters. The Morgan fingerprint density at radius 1 is 1.16 bits per heavy atom. The van der Waals surface area contributed by atoms with E-state index in [0.29, 0.717) is 11.5 Å². The molecule has 1 aromatic carbocycles. The van der Waals surface area contributed by atoms with E-state index in [2.05, 4.69) is 44.1 Å². The maximum atomic E-state index is 5.44. The first-order valence-corrected chi connectivity index (χ1v) is 7.32. The van der Waals surface area contributed by atoms with E-state index in [1.807, 2.05) is 12.1 Å². The molecule has 0 radical (unpaired) electrons. The van der Waals surface area contributed by atoms with Gasteiger partial charge >= 0.3 is 0 Å². The zero-order valence-corrected chi connectivity index (χ0v) is 12.4.